The topological polar surface area (TPSA) is 100 Å². The zero-order chi connectivity index (χ0) is 13.2. The summed E-state index contributed by atoms with van der Waals surface area (Å²) in [6.45, 7) is 1.000. The Labute approximate surface area is 104 Å². The van der Waals surface area contributed by atoms with E-state index in [4.69, 9.17) is 5.26 Å². The lowest BCUT2D eigenvalue weighted by Crippen LogP contribution is -2.43. The fourth-order valence-electron chi connectivity index (χ4n) is 1.29. The number of nitriles is 1. The Hall–Kier alpha value is -2.14. The molecule has 1 aromatic rings. The summed E-state index contributed by atoms with van der Waals surface area (Å²) in [5.41, 5.74) is 0.0861. The smallest absolute Gasteiger partial charge is 0.324 e. The van der Waals surface area contributed by atoms with Crippen molar-refractivity contribution in [2.24, 2.45) is 0 Å². The molecule has 7 nitrogen and oxygen atoms in total. The first-order valence-corrected chi connectivity index (χ1v) is 6.53. The molecule has 94 valence electrons. The van der Waals surface area contributed by atoms with Crippen LogP contribution in [0.5, 0.6) is 0 Å². The molecule has 1 aliphatic heterocycles. The molecule has 1 aliphatic rings. The van der Waals surface area contributed by atoms with Crippen LogP contribution in [0.2, 0.25) is 0 Å². The van der Waals surface area contributed by atoms with Gasteiger partial charge >= 0.3 is 16.2 Å². The second-order valence-electron chi connectivity index (χ2n) is 3.63. The molecule has 8 heteroatoms. The summed E-state index contributed by atoms with van der Waals surface area (Å²) in [6.07, 6.45) is 0.941. The molecule has 18 heavy (non-hydrogen) atoms. The average molecular weight is 267 g/mol. The number of hydrogen-bond donors (Lipinski definition) is 0. The van der Waals surface area contributed by atoms with Gasteiger partial charge in [-0.3, -0.25) is 0 Å². The molecular formula is C10H9N3O4S. The lowest BCUT2D eigenvalue weighted by Gasteiger charge is -2.29. The number of nitrogens with zero attached hydrogens (tertiary/aromatic N) is 3. The van der Waals surface area contributed by atoms with Crippen LogP contribution in [-0.2, 0) is 14.3 Å². The third-order valence-electron chi connectivity index (χ3n) is 2.43. The molecule has 0 aromatic carbocycles. The van der Waals surface area contributed by atoms with Crippen molar-refractivity contribution in [2.45, 2.75) is 11.3 Å². The summed E-state index contributed by atoms with van der Waals surface area (Å²) in [6, 6.07) is 4.17. The largest absolute Gasteiger partial charge is 0.425 e. The molecule has 0 saturated carbocycles. The Morgan fingerprint density at radius 3 is 2.61 bits per heavy atom. The minimum absolute atomic E-state index is 0.0861. The molecular weight excluding hydrogens is 258 g/mol. The second kappa shape index (κ2) is 4.62. The highest BCUT2D eigenvalue weighted by atomic mass is 32.2. The molecule has 0 spiro atoms. The van der Waals surface area contributed by atoms with E-state index in [-0.39, 0.29) is 10.6 Å². The number of pyridine rings is 1. The summed E-state index contributed by atoms with van der Waals surface area (Å²) >= 11 is 0. The van der Waals surface area contributed by atoms with Crippen molar-refractivity contribution in [2.75, 3.05) is 13.1 Å². The van der Waals surface area contributed by atoms with Gasteiger partial charge in [0.25, 0.3) is 0 Å². The number of rotatable bonds is 2. The predicted molar refractivity (Wildman–Crippen MR) is 58.8 cm³/mol. The Bertz CT molecular complexity index is 599. The van der Waals surface area contributed by atoms with Gasteiger partial charge in [-0.1, -0.05) is 0 Å². The Balaban J connectivity index is 2.14. The van der Waals surface area contributed by atoms with Crippen molar-refractivity contribution in [1.82, 2.24) is 9.88 Å². The summed E-state index contributed by atoms with van der Waals surface area (Å²) < 4.78 is 27.8. The Morgan fingerprint density at radius 2 is 2.17 bits per heavy atom. The lowest BCUT2D eigenvalue weighted by molar-refractivity contribution is 0.127. The van der Waals surface area contributed by atoms with Gasteiger partial charge in [-0.15, -0.1) is 0 Å². The van der Waals surface area contributed by atoms with Gasteiger partial charge in [0.2, 0.25) is 0 Å². The lowest BCUT2D eigenvalue weighted by atomic mass is 10.2. The van der Waals surface area contributed by atoms with Crippen molar-refractivity contribution in [3.63, 3.8) is 0 Å². The monoisotopic (exact) mass is 267 g/mol. The van der Waals surface area contributed by atoms with Crippen molar-refractivity contribution < 1.29 is 17.4 Å². The van der Waals surface area contributed by atoms with Gasteiger partial charge in [0.15, 0.2) is 0 Å². The van der Waals surface area contributed by atoms with E-state index in [1.165, 1.54) is 17.0 Å². The molecule has 2 rings (SSSR count). The first-order valence-electron chi connectivity index (χ1n) is 5.12. The molecule has 0 radical (unpaired) electrons. The maximum absolute atomic E-state index is 11.7. The minimum Gasteiger partial charge on any atom is -0.324 e. The fourth-order valence-corrected chi connectivity index (χ4v) is 2.09. The van der Waals surface area contributed by atoms with Gasteiger partial charge in [-0.05, 0) is 18.6 Å². The molecule has 1 amide bonds. The molecule has 0 aliphatic carbocycles. The average Bonchev–Trinajstić information content (AvgIpc) is 2.26. The van der Waals surface area contributed by atoms with Gasteiger partial charge in [0.1, 0.15) is 16.7 Å². The van der Waals surface area contributed by atoms with Gasteiger partial charge < -0.3 is 9.08 Å². The van der Waals surface area contributed by atoms with Crippen molar-refractivity contribution in [3.05, 3.63) is 24.0 Å². The molecule has 0 N–H and O–H groups in total. The number of carbonyl (C=O) groups is 1. The number of aromatic nitrogens is 1. The van der Waals surface area contributed by atoms with Crippen LogP contribution >= 0.6 is 0 Å². The van der Waals surface area contributed by atoms with Crippen LogP contribution in [0.1, 0.15) is 12.1 Å². The molecule has 0 unspecified atom stereocenters. The predicted octanol–water partition coefficient (Wildman–Crippen LogP) is 0.484. The van der Waals surface area contributed by atoms with Crippen molar-refractivity contribution in [3.8, 4) is 6.07 Å². The van der Waals surface area contributed by atoms with E-state index in [1.54, 1.807) is 6.07 Å². The second-order valence-corrected chi connectivity index (χ2v) is 5.18. The first kappa shape index (κ1) is 12.3. The highest BCUT2D eigenvalue weighted by molar-refractivity contribution is 7.87. The number of hydrogen-bond acceptors (Lipinski definition) is 6. The van der Waals surface area contributed by atoms with Gasteiger partial charge in [0.05, 0.1) is 6.20 Å². The van der Waals surface area contributed by atoms with Crippen molar-refractivity contribution >= 4 is 16.2 Å². The van der Waals surface area contributed by atoms with Gasteiger partial charge in [-0.2, -0.15) is 13.7 Å². The van der Waals surface area contributed by atoms with Crippen LogP contribution in [-0.4, -0.2) is 37.5 Å². The highest BCUT2D eigenvalue weighted by Crippen LogP contribution is 2.15. The third-order valence-corrected chi connectivity index (χ3v) is 3.62. The molecule has 0 atom stereocenters. The van der Waals surface area contributed by atoms with E-state index < -0.39 is 16.2 Å². The quantitative estimate of drug-likeness (QED) is 0.722. The molecule has 1 fully saturated rings. The van der Waals surface area contributed by atoms with E-state index >= 15 is 0 Å². The number of likely N-dealkylation sites (tertiary alicyclic amines) is 1. The zero-order valence-electron chi connectivity index (χ0n) is 9.24. The van der Waals surface area contributed by atoms with E-state index in [0.717, 1.165) is 12.6 Å². The number of amides is 1. The van der Waals surface area contributed by atoms with E-state index in [2.05, 4.69) is 9.17 Å². The summed E-state index contributed by atoms with van der Waals surface area (Å²) in [5.74, 6) is 0. The fraction of sp³-hybridized carbons (Fsp3) is 0.300. The maximum Gasteiger partial charge on any atom is 0.425 e. The third kappa shape index (κ3) is 2.41. The molecule has 1 aromatic heterocycles. The van der Waals surface area contributed by atoms with E-state index in [9.17, 15) is 13.2 Å². The zero-order valence-corrected chi connectivity index (χ0v) is 10.1. The maximum atomic E-state index is 11.7. The van der Waals surface area contributed by atoms with Crippen LogP contribution in [0.15, 0.2) is 23.2 Å². The van der Waals surface area contributed by atoms with Crippen LogP contribution < -0.4 is 0 Å². The van der Waals surface area contributed by atoms with Gasteiger partial charge in [0, 0.05) is 13.1 Å². The van der Waals surface area contributed by atoms with Crippen LogP contribution in [0.3, 0.4) is 0 Å². The van der Waals surface area contributed by atoms with Gasteiger partial charge in [-0.25, -0.2) is 9.78 Å². The number of carbonyl (C=O) groups excluding carboxylic acids is 1. The molecule has 2 heterocycles. The summed E-state index contributed by atoms with van der Waals surface area (Å²) in [5, 5.41) is 8.54. The highest BCUT2D eigenvalue weighted by Gasteiger charge is 2.28. The van der Waals surface area contributed by atoms with Crippen LogP contribution in [0.25, 0.3) is 0 Å². The van der Waals surface area contributed by atoms with E-state index in [0.29, 0.717) is 13.1 Å². The minimum atomic E-state index is -4.17. The SMILES string of the molecule is N#Cc1ccc(S(=O)(=O)OC(=O)N2CCC2)cn1. The first-order chi connectivity index (χ1) is 8.53. The summed E-state index contributed by atoms with van der Waals surface area (Å²) in [4.78, 5) is 16.0. The molecule has 1 saturated heterocycles. The Kier molecular flexibility index (Phi) is 3.16. The standard InChI is InChI=1S/C10H9N3O4S/c11-6-8-2-3-9(7-12-8)18(15,16)17-10(14)13-4-1-5-13/h2-3,7H,1,4-5H2. The molecule has 0 bridgehead atoms. The Morgan fingerprint density at radius 1 is 1.44 bits per heavy atom. The van der Waals surface area contributed by atoms with E-state index in [1.807, 2.05) is 0 Å². The van der Waals surface area contributed by atoms with Crippen LogP contribution in [0.4, 0.5) is 4.79 Å². The summed E-state index contributed by atoms with van der Waals surface area (Å²) in [7, 11) is -4.17. The normalized spacial score (nSPS) is 14.5. The van der Waals surface area contributed by atoms with Crippen LogP contribution in [0, 0.1) is 11.3 Å². The van der Waals surface area contributed by atoms with Crippen molar-refractivity contribution in [1.29, 1.82) is 5.26 Å².